The van der Waals surface area contributed by atoms with Gasteiger partial charge in [-0.25, -0.2) is 4.79 Å². The summed E-state index contributed by atoms with van der Waals surface area (Å²) < 4.78 is 6.49. The largest absolute Gasteiger partial charge is 0.382 e. The van der Waals surface area contributed by atoms with Gasteiger partial charge in [-0.05, 0) is 13.3 Å². The minimum atomic E-state index is -0.553. The molecule has 0 aliphatic heterocycles. The summed E-state index contributed by atoms with van der Waals surface area (Å²) in [5.41, 5.74) is -0.997. The lowest BCUT2D eigenvalue weighted by atomic mass is 10.4. The molecule has 1 N–H and O–H groups in total. The Balaban J connectivity index is 2.66. The molecule has 6 heteroatoms. The van der Waals surface area contributed by atoms with E-state index >= 15 is 0 Å². The van der Waals surface area contributed by atoms with Crippen LogP contribution in [0.2, 0.25) is 5.02 Å². The van der Waals surface area contributed by atoms with Gasteiger partial charge in [-0.2, -0.15) is 0 Å². The van der Waals surface area contributed by atoms with E-state index in [4.69, 9.17) is 16.3 Å². The Bertz CT molecular complexity index is 424. The van der Waals surface area contributed by atoms with Crippen molar-refractivity contribution < 1.29 is 4.74 Å². The number of nitrogens with one attached hydrogen (secondary N) is 1. The van der Waals surface area contributed by atoms with Crippen LogP contribution in [0.5, 0.6) is 0 Å². The summed E-state index contributed by atoms with van der Waals surface area (Å²) in [6.45, 7) is 3.62. The van der Waals surface area contributed by atoms with Gasteiger partial charge in [-0.15, -0.1) is 0 Å². The third kappa shape index (κ3) is 3.53. The minimum absolute atomic E-state index is 0.0195. The third-order valence-electron chi connectivity index (χ3n) is 1.86. The highest BCUT2D eigenvalue weighted by Gasteiger charge is 2.01. The van der Waals surface area contributed by atoms with Crippen molar-refractivity contribution >= 4 is 11.6 Å². The van der Waals surface area contributed by atoms with E-state index in [1.54, 1.807) is 0 Å². The number of ether oxygens (including phenoxy) is 1. The molecule has 0 saturated heterocycles. The van der Waals surface area contributed by atoms with Gasteiger partial charge in [0.25, 0.3) is 5.56 Å². The van der Waals surface area contributed by atoms with Gasteiger partial charge in [-0.3, -0.25) is 14.3 Å². The second kappa shape index (κ2) is 5.72. The van der Waals surface area contributed by atoms with E-state index in [0.717, 1.165) is 0 Å². The van der Waals surface area contributed by atoms with Crippen LogP contribution in [0.1, 0.15) is 13.3 Å². The normalized spacial score (nSPS) is 10.5. The summed E-state index contributed by atoms with van der Waals surface area (Å²) in [6.07, 6.45) is 2.05. The molecule has 0 unspecified atom stereocenters. The molecule has 5 nitrogen and oxygen atoms in total. The van der Waals surface area contributed by atoms with Crippen molar-refractivity contribution in [3.8, 4) is 0 Å². The number of aromatic amines is 1. The number of H-pyrrole nitrogens is 1. The van der Waals surface area contributed by atoms with E-state index < -0.39 is 11.2 Å². The fraction of sp³-hybridized carbons (Fsp3) is 0.556. The van der Waals surface area contributed by atoms with Crippen LogP contribution in [0.15, 0.2) is 15.8 Å². The van der Waals surface area contributed by atoms with Gasteiger partial charge in [0.2, 0.25) is 0 Å². The van der Waals surface area contributed by atoms with Crippen LogP contribution in [0.3, 0.4) is 0 Å². The van der Waals surface area contributed by atoms with Crippen molar-refractivity contribution in [2.45, 2.75) is 19.9 Å². The van der Waals surface area contributed by atoms with Gasteiger partial charge in [-0.1, -0.05) is 11.6 Å². The van der Waals surface area contributed by atoms with Crippen molar-refractivity contribution in [2.75, 3.05) is 13.2 Å². The van der Waals surface area contributed by atoms with Crippen molar-refractivity contribution in [3.05, 3.63) is 32.1 Å². The Hall–Kier alpha value is -1.07. The molecule has 1 aromatic heterocycles. The van der Waals surface area contributed by atoms with E-state index in [1.165, 1.54) is 10.8 Å². The third-order valence-corrected chi connectivity index (χ3v) is 2.13. The molecule has 1 aromatic rings. The van der Waals surface area contributed by atoms with Crippen LogP contribution in [0, 0.1) is 0 Å². The summed E-state index contributed by atoms with van der Waals surface area (Å²) in [5, 5.41) is 0.0195. The molecule has 0 aliphatic rings. The molecule has 84 valence electrons. The predicted octanol–water partition coefficient (Wildman–Crippen LogP) is 0.617. The molecule has 0 fully saturated rings. The van der Waals surface area contributed by atoms with Crippen LogP contribution < -0.4 is 11.2 Å². The second-order valence-corrected chi connectivity index (χ2v) is 3.39. The number of nitrogens with zero attached hydrogens (tertiary/aromatic N) is 1. The first-order valence-electron chi connectivity index (χ1n) is 4.72. The quantitative estimate of drug-likeness (QED) is 0.757. The number of rotatable bonds is 5. The summed E-state index contributed by atoms with van der Waals surface area (Å²) in [4.78, 5) is 24.3. The van der Waals surface area contributed by atoms with Gasteiger partial charge < -0.3 is 4.74 Å². The number of aryl methyl sites for hydroxylation is 1. The summed E-state index contributed by atoms with van der Waals surface area (Å²) in [5.74, 6) is 0. The predicted molar refractivity (Wildman–Crippen MR) is 57.4 cm³/mol. The molecule has 0 spiro atoms. The lowest BCUT2D eigenvalue weighted by Crippen LogP contribution is -2.29. The topological polar surface area (TPSA) is 64.1 Å². The smallest absolute Gasteiger partial charge is 0.328 e. The lowest BCUT2D eigenvalue weighted by Gasteiger charge is -2.04. The number of aromatic nitrogens is 2. The minimum Gasteiger partial charge on any atom is -0.382 e. The maximum atomic E-state index is 11.3. The molecule has 1 heterocycles. The molecule has 0 aromatic carbocycles. The maximum Gasteiger partial charge on any atom is 0.328 e. The summed E-state index contributed by atoms with van der Waals surface area (Å²) in [6, 6.07) is 0. The second-order valence-electron chi connectivity index (χ2n) is 2.98. The zero-order valence-corrected chi connectivity index (χ0v) is 9.21. The SMILES string of the molecule is CCOCCCn1cc(Cl)c(=O)[nH]c1=O. The number of hydrogen-bond acceptors (Lipinski definition) is 3. The van der Waals surface area contributed by atoms with Crippen LogP contribution in [0.4, 0.5) is 0 Å². The Morgan fingerprint density at radius 1 is 1.53 bits per heavy atom. The fourth-order valence-electron chi connectivity index (χ4n) is 1.13. The number of hydrogen-bond donors (Lipinski definition) is 1. The van der Waals surface area contributed by atoms with E-state index in [-0.39, 0.29) is 5.02 Å². The van der Waals surface area contributed by atoms with Crippen molar-refractivity contribution in [1.29, 1.82) is 0 Å². The van der Waals surface area contributed by atoms with Crippen LogP contribution in [0.25, 0.3) is 0 Å². The van der Waals surface area contributed by atoms with Gasteiger partial charge in [0.05, 0.1) is 0 Å². The first kappa shape index (κ1) is 12.0. The average molecular weight is 233 g/mol. The van der Waals surface area contributed by atoms with E-state index in [9.17, 15) is 9.59 Å². The van der Waals surface area contributed by atoms with Crippen molar-refractivity contribution in [3.63, 3.8) is 0 Å². The van der Waals surface area contributed by atoms with Crippen LogP contribution >= 0.6 is 11.6 Å². The zero-order chi connectivity index (χ0) is 11.3. The van der Waals surface area contributed by atoms with E-state index in [0.29, 0.717) is 26.2 Å². The van der Waals surface area contributed by atoms with Gasteiger partial charge in [0.1, 0.15) is 5.02 Å². The molecule has 0 atom stereocenters. The summed E-state index contributed by atoms with van der Waals surface area (Å²) in [7, 11) is 0. The Morgan fingerprint density at radius 3 is 2.93 bits per heavy atom. The molecule has 0 saturated carbocycles. The molecule has 0 amide bonds. The Morgan fingerprint density at radius 2 is 2.27 bits per heavy atom. The highest BCUT2D eigenvalue weighted by Crippen LogP contribution is 1.96. The highest BCUT2D eigenvalue weighted by molar-refractivity contribution is 6.30. The molecule has 0 bridgehead atoms. The standard InChI is InChI=1S/C9H13ClN2O3/c1-2-15-5-3-4-12-6-7(10)8(13)11-9(12)14/h6H,2-5H2,1H3,(H,11,13,14). The molecular formula is C9H13ClN2O3. The van der Waals surface area contributed by atoms with Gasteiger partial charge >= 0.3 is 5.69 Å². The molecule has 1 rings (SSSR count). The highest BCUT2D eigenvalue weighted by atomic mass is 35.5. The van der Waals surface area contributed by atoms with E-state index in [2.05, 4.69) is 4.98 Å². The van der Waals surface area contributed by atoms with E-state index in [1.807, 2.05) is 6.92 Å². The molecule has 0 aliphatic carbocycles. The van der Waals surface area contributed by atoms with Crippen LogP contribution in [-0.4, -0.2) is 22.8 Å². The Labute approximate surface area is 91.6 Å². The molecular weight excluding hydrogens is 220 g/mol. The molecule has 15 heavy (non-hydrogen) atoms. The zero-order valence-electron chi connectivity index (χ0n) is 8.46. The monoisotopic (exact) mass is 232 g/mol. The first-order chi connectivity index (χ1) is 7.15. The van der Waals surface area contributed by atoms with Gasteiger partial charge in [0, 0.05) is 26.0 Å². The van der Waals surface area contributed by atoms with Crippen molar-refractivity contribution in [1.82, 2.24) is 9.55 Å². The Kier molecular flexibility index (Phi) is 4.58. The first-order valence-corrected chi connectivity index (χ1v) is 5.10. The fourth-order valence-corrected chi connectivity index (χ4v) is 1.30. The number of halogens is 1. The molecule has 0 radical (unpaired) electrons. The maximum absolute atomic E-state index is 11.3. The average Bonchev–Trinajstić information content (AvgIpc) is 2.20. The lowest BCUT2D eigenvalue weighted by molar-refractivity contribution is 0.141. The van der Waals surface area contributed by atoms with Crippen LogP contribution in [-0.2, 0) is 11.3 Å². The summed E-state index contributed by atoms with van der Waals surface area (Å²) >= 11 is 5.59. The van der Waals surface area contributed by atoms with Crippen molar-refractivity contribution in [2.24, 2.45) is 0 Å². The van der Waals surface area contributed by atoms with Gasteiger partial charge in [0.15, 0.2) is 0 Å².